The molecule has 6 aromatic rings. The van der Waals surface area contributed by atoms with Gasteiger partial charge in [0.15, 0.2) is 16.6 Å². The Morgan fingerprint density at radius 1 is 0.750 bits per heavy atom. The van der Waals surface area contributed by atoms with Crippen LogP contribution in [-0.4, -0.2) is 22.0 Å². The molecule has 4 aromatic carbocycles. The number of thiazole rings is 1. The zero-order valence-corrected chi connectivity index (χ0v) is 22.6. The Hall–Kier alpha value is -5.08. The number of rotatable bonds is 6. The number of benzene rings is 4. The fourth-order valence-corrected chi connectivity index (χ4v) is 5.30. The molecule has 2 N–H and O–H groups in total. The first kappa shape index (κ1) is 25.2. The first-order valence-corrected chi connectivity index (χ1v) is 13.5. The highest BCUT2D eigenvalue weighted by Crippen LogP contribution is 2.37. The second kappa shape index (κ2) is 10.6. The van der Waals surface area contributed by atoms with Crippen LogP contribution in [0.4, 0.5) is 10.1 Å². The summed E-state index contributed by atoms with van der Waals surface area (Å²) >= 11 is 1.18. The normalized spacial score (nSPS) is 10.9. The molecule has 2 amide bonds. The average molecular weight is 545 g/mol. The molecule has 0 fully saturated rings. The first-order chi connectivity index (χ1) is 19.5. The number of anilines is 2. The number of carbonyl (C=O) groups excluding carboxylic acids is 2. The van der Waals surface area contributed by atoms with E-state index >= 15 is 0 Å². The van der Waals surface area contributed by atoms with Crippen molar-refractivity contribution in [3.8, 4) is 22.6 Å². The van der Waals surface area contributed by atoms with Crippen LogP contribution in [0.5, 0.6) is 0 Å². The van der Waals surface area contributed by atoms with E-state index in [1.54, 1.807) is 12.1 Å². The standard InChI is InChI=1S/C32H24N4O3S/c1-19-15-16-23(17-20(19)2)27-18-26(36-39-27)30(38)35-32-33-28(22-10-4-3-5-11-22)31(40-32)34-29(37)25-14-8-12-21-9-6-7-13-24(21)25/h3-18H,1-2H3,(H,34,37)(H,33,35,38). The number of aromatic nitrogens is 2. The van der Waals surface area contributed by atoms with Crippen LogP contribution in [0.25, 0.3) is 33.4 Å². The van der Waals surface area contributed by atoms with Crippen LogP contribution in [0.1, 0.15) is 32.0 Å². The Labute approximate surface area is 234 Å². The zero-order chi connectivity index (χ0) is 27.6. The second-order valence-electron chi connectivity index (χ2n) is 9.37. The summed E-state index contributed by atoms with van der Waals surface area (Å²) in [4.78, 5) is 31.1. The van der Waals surface area contributed by atoms with E-state index < -0.39 is 5.91 Å². The van der Waals surface area contributed by atoms with E-state index in [0.717, 1.165) is 27.5 Å². The lowest BCUT2D eigenvalue weighted by atomic mass is 10.0. The topological polar surface area (TPSA) is 97.1 Å². The minimum Gasteiger partial charge on any atom is -0.355 e. The third-order valence-electron chi connectivity index (χ3n) is 6.69. The smallest absolute Gasteiger partial charge is 0.279 e. The van der Waals surface area contributed by atoms with Gasteiger partial charge in [-0.3, -0.25) is 14.9 Å². The van der Waals surface area contributed by atoms with Crippen molar-refractivity contribution in [3.63, 3.8) is 0 Å². The predicted molar refractivity (Wildman–Crippen MR) is 159 cm³/mol. The lowest BCUT2D eigenvalue weighted by molar-refractivity contribution is 0.101. The van der Waals surface area contributed by atoms with Crippen LogP contribution in [0.2, 0.25) is 0 Å². The molecule has 0 bridgehead atoms. The van der Waals surface area contributed by atoms with Gasteiger partial charge in [-0.05, 0) is 47.9 Å². The van der Waals surface area contributed by atoms with Crippen LogP contribution in [-0.2, 0) is 0 Å². The summed E-state index contributed by atoms with van der Waals surface area (Å²) in [5.74, 6) is -0.218. The van der Waals surface area contributed by atoms with Gasteiger partial charge in [0, 0.05) is 22.8 Å². The third kappa shape index (κ3) is 5.00. The van der Waals surface area contributed by atoms with Crippen molar-refractivity contribution >= 4 is 44.1 Å². The van der Waals surface area contributed by atoms with Gasteiger partial charge in [-0.2, -0.15) is 0 Å². The molecule has 0 aliphatic rings. The van der Waals surface area contributed by atoms with Crippen LogP contribution >= 0.6 is 11.3 Å². The molecule has 6 rings (SSSR count). The number of nitrogens with one attached hydrogen (secondary N) is 2. The van der Waals surface area contributed by atoms with Gasteiger partial charge in [0.25, 0.3) is 11.8 Å². The van der Waals surface area contributed by atoms with E-state index in [2.05, 4.69) is 20.8 Å². The summed E-state index contributed by atoms with van der Waals surface area (Å²) in [7, 11) is 0. The maximum absolute atomic E-state index is 13.4. The fraction of sp³-hybridized carbons (Fsp3) is 0.0625. The number of carbonyl (C=O) groups is 2. The van der Waals surface area contributed by atoms with Crippen LogP contribution in [0, 0.1) is 13.8 Å². The van der Waals surface area contributed by atoms with Gasteiger partial charge in [0.1, 0.15) is 10.7 Å². The third-order valence-corrected chi connectivity index (χ3v) is 7.58. The number of amides is 2. The monoisotopic (exact) mass is 544 g/mol. The highest BCUT2D eigenvalue weighted by atomic mass is 32.1. The number of hydrogen-bond acceptors (Lipinski definition) is 6. The Morgan fingerprint density at radius 3 is 2.35 bits per heavy atom. The van der Waals surface area contributed by atoms with Crippen molar-refractivity contribution in [1.82, 2.24) is 10.1 Å². The van der Waals surface area contributed by atoms with Gasteiger partial charge in [-0.15, -0.1) is 0 Å². The lowest BCUT2D eigenvalue weighted by Crippen LogP contribution is -2.12. The Balaban J connectivity index is 1.28. The number of hydrogen-bond donors (Lipinski definition) is 2. The molecule has 0 saturated heterocycles. The molecular formula is C32H24N4O3S. The average Bonchev–Trinajstić information content (AvgIpc) is 3.62. The summed E-state index contributed by atoms with van der Waals surface area (Å²) < 4.78 is 5.45. The Bertz CT molecular complexity index is 1870. The van der Waals surface area contributed by atoms with Gasteiger partial charge in [0.2, 0.25) is 0 Å². The van der Waals surface area contributed by atoms with Crippen molar-refractivity contribution < 1.29 is 14.1 Å². The first-order valence-electron chi connectivity index (χ1n) is 12.7. The fourth-order valence-electron chi connectivity index (χ4n) is 4.42. The Morgan fingerprint density at radius 2 is 1.52 bits per heavy atom. The highest BCUT2D eigenvalue weighted by molar-refractivity contribution is 7.20. The summed E-state index contributed by atoms with van der Waals surface area (Å²) in [6.45, 7) is 4.06. The van der Waals surface area contributed by atoms with Gasteiger partial charge in [-0.25, -0.2) is 4.98 Å². The zero-order valence-electron chi connectivity index (χ0n) is 21.8. The molecule has 0 aliphatic heterocycles. The molecule has 0 spiro atoms. The molecule has 0 aliphatic carbocycles. The molecule has 8 heteroatoms. The van der Waals surface area contributed by atoms with E-state index in [1.807, 2.05) is 98.8 Å². The largest absolute Gasteiger partial charge is 0.355 e. The van der Waals surface area contributed by atoms with Crippen LogP contribution in [0.15, 0.2) is 102 Å². The molecule has 196 valence electrons. The molecule has 0 unspecified atom stereocenters. The van der Waals surface area contributed by atoms with Gasteiger partial charge < -0.3 is 9.84 Å². The van der Waals surface area contributed by atoms with Crippen molar-refractivity contribution in [1.29, 1.82) is 0 Å². The number of fused-ring (bicyclic) bond motifs is 1. The van der Waals surface area contributed by atoms with E-state index in [-0.39, 0.29) is 11.6 Å². The second-order valence-corrected chi connectivity index (χ2v) is 10.4. The summed E-state index contributed by atoms with van der Waals surface area (Å²) in [6, 6.07) is 30.4. The minimum atomic E-state index is -0.459. The van der Waals surface area contributed by atoms with Crippen molar-refractivity contribution in [2.24, 2.45) is 0 Å². The van der Waals surface area contributed by atoms with Crippen LogP contribution < -0.4 is 10.6 Å². The van der Waals surface area contributed by atoms with Crippen molar-refractivity contribution in [2.75, 3.05) is 10.6 Å². The van der Waals surface area contributed by atoms with Gasteiger partial charge in [-0.1, -0.05) is 95.4 Å². The Kier molecular flexibility index (Phi) is 6.67. The van der Waals surface area contributed by atoms with E-state index in [0.29, 0.717) is 27.2 Å². The van der Waals surface area contributed by atoms with Crippen molar-refractivity contribution in [2.45, 2.75) is 13.8 Å². The molecule has 40 heavy (non-hydrogen) atoms. The molecule has 0 atom stereocenters. The molecule has 7 nitrogen and oxygen atoms in total. The number of nitrogens with zero attached hydrogens (tertiary/aromatic N) is 2. The van der Waals surface area contributed by atoms with Crippen molar-refractivity contribution in [3.05, 3.63) is 119 Å². The van der Waals surface area contributed by atoms with E-state index in [9.17, 15) is 9.59 Å². The summed E-state index contributed by atoms with van der Waals surface area (Å²) in [5.41, 5.74) is 5.19. The molecular weight excluding hydrogens is 520 g/mol. The van der Waals surface area contributed by atoms with E-state index in [1.165, 1.54) is 16.9 Å². The van der Waals surface area contributed by atoms with Crippen LogP contribution in [0.3, 0.4) is 0 Å². The highest BCUT2D eigenvalue weighted by Gasteiger charge is 2.21. The predicted octanol–water partition coefficient (Wildman–Crippen LogP) is 7.74. The quantitative estimate of drug-likeness (QED) is 0.224. The SMILES string of the molecule is Cc1ccc(-c2cc(C(=O)Nc3nc(-c4ccccc4)c(NC(=O)c4cccc5ccccc45)s3)no2)cc1C. The lowest BCUT2D eigenvalue weighted by Gasteiger charge is -2.08. The molecule has 0 saturated carbocycles. The number of aryl methyl sites for hydroxylation is 2. The van der Waals surface area contributed by atoms with E-state index in [4.69, 9.17) is 4.52 Å². The maximum Gasteiger partial charge on any atom is 0.279 e. The maximum atomic E-state index is 13.4. The van der Waals surface area contributed by atoms with Gasteiger partial charge >= 0.3 is 0 Å². The summed E-state index contributed by atoms with van der Waals surface area (Å²) in [5, 5.41) is 12.5. The minimum absolute atomic E-state index is 0.131. The summed E-state index contributed by atoms with van der Waals surface area (Å²) in [6.07, 6.45) is 0. The molecule has 2 aromatic heterocycles. The van der Waals surface area contributed by atoms with Gasteiger partial charge in [0.05, 0.1) is 0 Å². The molecule has 0 radical (unpaired) electrons. The molecule has 2 heterocycles.